The Labute approximate surface area is 108 Å². The zero-order chi connectivity index (χ0) is 11.1. The second kappa shape index (κ2) is 9.10. The van der Waals surface area contributed by atoms with Gasteiger partial charge in [-0.2, -0.15) is 11.8 Å². The molecule has 0 aromatic heterocycles. The van der Waals surface area contributed by atoms with Crippen molar-refractivity contribution in [2.45, 2.75) is 19.8 Å². The lowest BCUT2D eigenvalue weighted by Gasteiger charge is -2.26. The number of thioether (sulfide) groups is 1. The number of hydrogen-bond donors (Lipinski definition) is 2. The molecule has 0 spiro atoms. The fourth-order valence-electron chi connectivity index (χ4n) is 1.60. The molecule has 16 heavy (non-hydrogen) atoms. The fraction of sp³-hybridized carbons (Fsp3) is 0.900. The number of halogens is 1. The van der Waals surface area contributed by atoms with Crippen molar-refractivity contribution in [1.82, 2.24) is 10.4 Å². The van der Waals surface area contributed by atoms with Crippen molar-refractivity contribution in [2.75, 3.05) is 31.1 Å². The number of nitrogens with zero attached hydrogens (tertiary/aromatic N) is 1. The summed E-state index contributed by atoms with van der Waals surface area (Å²) in [5, 5.41) is 8.50. The van der Waals surface area contributed by atoms with E-state index in [9.17, 15) is 4.79 Å². The maximum Gasteiger partial charge on any atom is 0.222 e. The van der Waals surface area contributed by atoms with E-state index < -0.39 is 0 Å². The van der Waals surface area contributed by atoms with Gasteiger partial charge in [-0.05, 0) is 12.3 Å². The third-order valence-corrected chi connectivity index (χ3v) is 3.60. The molecule has 0 aromatic rings. The molecule has 1 aliphatic heterocycles. The molecule has 1 fully saturated rings. The van der Waals surface area contributed by atoms with Crippen LogP contribution in [0.5, 0.6) is 0 Å². The van der Waals surface area contributed by atoms with Crippen LogP contribution in [0, 0.1) is 5.92 Å². The van der Waals surface area contributed by atoms with E-state index >= 15 is 0 Å². The summed E-state index contributed by atoms with van der Waals surface area (Å²) in [6.07, 6.45) is 1.45. The molecule has 1 saturated heterocycles. The first-order chi connectivity index (χ1) is 7.24. The number of hydroxylamine groups is 1. The lowest BCUT2D eigenvalue weighted by molar-refractivity contribution is -0.131. The summed E-state index contributed by atoms with van der Waals surface area (Å²) in [4.78, 5) is 13.7. The predicted octanol–water partition coefficient (Wildman–Crippen LogP) is 1.38. The second-order valence-corrected chi connectivity index (χ2v) is 5.22. The van der Waals surface area contributed by atoms with Gasteiger partial charge in [-0.3, -0.25) is 4.79 Å². The molecule has 0 bridgehead atoms. The minimum atomic E-state index is 0. The summed E-state index contributed by atoms with van der Waals surface area (Å²) >= 11 is 1.91. The minimum absolute atomic E-state index is 0. The Morgan fingerprint density at radius 3 is 2.69 bits per heavy atom. The maximum absolute atomic E-state index is 11.7. The molecule has 1 unspecified atom stereocenters. The summed E-state index contributed by atoms with van der Waals surface area (Å²) in [6, 6.07) is 0. The van der Waals surface area contributed by atoms with E-state index in [0.29, 0.717) is 18.9 Å². The van der Waals surface area contributed by atoms with Gasteiger partial charge in [0.1, 0.15) is 0 Å². The van der Waals surface area contributed by atoms with Crippen LogP contribution in [0.25, 0.3) is 0 Å². The van der Waals surface area contributed by atoms with Gasteiger partial charge in [-0.1, -0.05) is 6.92 Å². The first kappa shape index (κ1) is 16.0. The quantitative estimate of drug-likeness (QED) is 0.740. The molecule has 0 aromatic carbocycles. The van der Waals surface area contributed by atoms with E-state index in [1.165, 1.54) is 0 Å². The number of nitrogens with one attached hydrogen (secondary N) is 1. The average Bonchev–Trinajstić information content (AvgIpc) is 2.27. The van der Waals surface area contributed by atoms with Crippen molar-refractivity contribution in [3.63, 3.8) is 0 Å². The molecule has 0 saturated carbocycles. The van der Waals surface area contributed by atoms with Gasteiger partial charge in [-0.25, -0.2) is 5.48 Å². The first-order valence-corrected chi connectivity index (χ1v) is 6.62. The normalized spacial score (nSPS) is 17.8. The van der Waals surface area contributed by atoms with E-state index in [-0.39, 0.29) is 18.3 Å². The Hall–Kier alpha value is 0.0300. The van der Waals surface area contributed by atoms with Crippen molar-refractivity contribution in [3.8, 4) is 0 Å². The summed E-state index contributed by atoms with van der Waals surface area (Å²) in [5.41, 5.74) is 2.14. The van der Waals surface area contributed by atoms with Crippen LogP contribution >= 0.6 is 24.2 Å². The van der Waals surface area contributed by atoms with Crippen molar-refractivity contribution >= 4 is 30.1 Å². The Bertz CT molecular complexity index is 201. The van der Waals surface area contributed by atoms with E-state index in [0.717, 1.165) is 31.0 Å². The lowest BCUT2D eigenvalue weighted by Crippen LogP contribution is -2.38. The van der Waals surface area contributed by atoms with Gasteiger partial charge in [0, 0.05) is 37.6 Å². The van der Waals surface area contributed by atoms with Crippen LogP contribution in [0.1, 0.15) is 19.8 Å². The Balaban J connectivity index is 0.00000225. The van der Waals surface area contributed by atoms with Crippen LogP contribution in [-0.4, -0.2) is 47.2 Å². The third-order valence-electron chi connectivity index (χ3n) is 2.65. The van der Waals surface area contributed by atoms with Crippen LogP contribution in [0.4, 0.5) is 0 Å². The van der Waals surface area contributed by atoms with E-state index in [4.69, 9.17) is 5.21 Å². The second-order valence-electron chi connectivity index (χ2n) is 4.00. The molecule has 6 heteroatoms. The molecule has 0 aliphatic carbocycles. The molecule has 1 aliphatic rings. The van der Waals surface area contributed by atoms with Crippen LogP contribution < -0.4 is 5.48 Å². The molecule has 1 atom stereocenters. The molecule has 1 amide bonds. The van der Waals surface area contributed by atoms with E-state index in [1.807, 2.05) is 23.6 Å². The summed E-state index contributed by atoms with van der Waals surface area (Å²) in [5.74, 6) is 2.75. The Kier molecular flexibility index (Phi) is 9.12. The SMILES string of the molecule is CC(CCC(=O)N1CCSCC1)CNO.Cl. The van der Waals surface area contributed by atoms with Crippen molar-refractivity contribution in [1.29, 1.82) is 0 Å². The highest BCUT2D eigenvalue weighted by atomic mass is 35.5. The van der Waals surface area contributed by atoms with Gasteiger partial charge in [0.15, 0.2) is 0 Å². The average molecular weight is 269 g/mol. The highest BCUT2D eigenvalue weighted by Crippen LogP contribution is 2.12. The number of hydrogen-bond acceptors (Lipinski definition) is 4. The number of carbonyl (C=O) groups excluding carboxylic acids is 1. The molecule has 1 heterocycles. The van der Waals surface area contributed by atoms with Crippen LogP contribution in [-0.2, 0) is 4.79 Å². The third kappa shape index (κ3) is 5.94. The zero-order valence-corrected chi connectivity index (χ0v) is 11.3. The number of amides is 1. The summed E-state index contributed by atoms with van der Waals surface area (Å²) < 4.78 is 0. The van der Waals surface area contributed by atoms with Crippen molar-refractivity contribution in [3.05, 3.63) is 0 Å². The van der Waals surface area contributed by atoms with Gasteiger partial charge in [0.25, 0.3) is 0 Å². The smallest absolute Gasteiger partial charge is 0.222 e. The standard InChI is InChI=1S/C10H20N2O2S.ClH/c1-9(8-11-14)2-3-10(13)12-4-6-15-7-5-12;/h9,11,14H,2-8H2,1H3;1H. The van der Waals surface area contributed by atoms with E-state index in [2.05, 4.69) is 5.48 Å². The summed E-state index contributed by atoms with van der Waals surface area (Å²) in [7, 11) is 0. The first-order valence-electron chi connectivity index (χ1n) is 5.46. The molecular weight excluding hydrogens is 248 g/mol. The topological polar surface area (TPSA) is 52.6 Å². The van der Waals surface area contributed by atoms with Gasteiger partial charge in [-0.15, -0.1) is 12.4 Å². The zero-order valence-electron chi connectivity index (χ0n) is 9.65. The summed E-state index contributed by atoms with van der Waals surface area (Å²) in [6.45, 7) is 4.39. The van der Waals surface area contributed by atoms with Crippen LogP contribution in [0.2, 0.25) is 0 Å². The Morgan fingerprint density at radius 2 is 2.12 bits per heavy atom. The minimum Gasteiger partial charge on any atom is -0.341 e. The lowest BCUT2D eigenvalue weighted by atomic mass is 10.1. The number of carbonyl (C=O) groups is 1. The molecule has 0 radical (unpaired) electrons. The Morgan fingerprint density at radius 1 is 1.50 bits per heavy atom. The molecule has 2 N–H and O–H groups in total. The monoisotopic (exact) mass is 268 g/mol. The molecule has 1 rings (SSSR count). The van der Waals surface area contributed by atoms with Gasteiger partial charge in [0.05, 0.1) is 0 Å². The maximum atomic E-state index is 11.7. The van der Waals surface area contributed by atoms with Crippen LogP contribution in [0.3, 0.4) is 0 Å². The highest BCUT2D eigenvalue weighted by Gasteiger charge is 2.16. The number of rotatable bonds is 5. The van der Waals surface area contributed by atoms with Crippen molar-refractivity contribution < 1.29 is 10.0 Å². The largest absolute Gasteiger partial charge is 0.341 e. The molecule has 4 nitrogen and oxygen atoms in total. The highest BCUT2D eigenvalue weighted by molar-refractivity contribution is 7.99. The van der Waals surface area contributed by atoms with Gasteiger partial charge >= 0.3 is 0 Å². The van der Waals surface area contributed by atoms with Crippen molar-refractivity contribution in [2.24, 2.45) is 5.92 Å². The van der Waals surface area contributed by atoms with Crippen LogP contribution in [0.15, 0.2) is 0 Å². The van der Waals surface area contributed by atoms with E-state index in [1.54, 1.807) is 0 Å². The molecule has 96 valence electrons. The fourth-order valence-corrected chi connectivity index (χ4v) is 2.50. The van der Waals surface area contributed by atoms with Gasteiger partial charge < -0.3 is 10.1 Å². The molecular formula is C10H21ClN2O2S. The predicted molar refractivity (Wildman–Crippen MR) is 69.3 cm³/mol. The van der Waals surface area contributed by atoms with Gasteiger partial charge in [0.2, 0.25) is 5.91 Å².